The predicted octanol–water partition coefficient (Wildman–Crippen LogP) is 2.80. The first-order valence-electron chi connectivity index (χ1n) is 6.44. The van der Waals surface area contributed by atoms with Gasteiger partial charge in [-0.25, -0.2) is 0 Å². The molecule has 0 radical (unpaired) electrons. The van der Waals surface area contributed by atoms with E-state index in [0.29, 0.717) is 5.92 Å². The first-order chi connectivity index (χ1) is 8.56. The molecule has 2 aromatic heterocycles. The fourth-order valence-corrected chi connectivity index (χ4v) is 2.02. The van der Waals surface area contributed by atoms with Crippen molar-refractivity contribution in [2.24, 2.45) is 13.0 Å². The molecule has 0 saturated heterocycles. The molecule has 0 aliphatic rings. The SMILES string of the molecule is Cc1nn(CC(C)C)cc1NCc1cccn1C. The van der Waals surface area contributed by atoms with Gasteiger partial charge in [0.05, 0.1) is 17.9 Å². The summed E-state index contributed by atoms with van der Waals surface area (Å²) in [6, 6.07) is 4.19. The Morgan fingerprint density at radius 3 is 2.78 bits per heavy atom. The molecule has 0 atom stereocenters. The van der Waals surface area contributed by atoms with Crippen LogP contribution in [0.15, 0.2) is 24.5 Å². The zero-order valence-corrected chi connectivity index (χ0v) is 11.6. The maximum Gasteiger partial charge on any atom is 0.0825 e. The molecule has 4 nitrogen and oxygen atoms in total. The lowest BCUT2D eigenvalue weighted by Gasteiger charge is -2.06. The van der Waals surface area contributed by atoms with E-state index in [4.69, 9.17) is 0 Å². The van der Waals surface area contributed by atoms with Gasteiger partial charge in [0.1, 0.15) is 0 Å². The molecular formula is C14H22N4. The van der Waals surface area contributed by atoms with Gasteiger partial charge in [0.15, 0.2) is 0 Å². The van der Waals surface area contributed by atoms with Crippen LogP contribution in [0.2, 0.25) is 0 Å². The highest BCUT2D eigenvalue weighted by Gasteiger charge is 2.06. The lowest BCUT2D eigenvalue weighted by Crippen LogP contribution is -2.05. The van der Waals surface area contributed by atoms with Gasteiger partial charge < -0.3 is 9.88 Å². The average Bonchev–Trinajstić information content (AvgIpc) is 2.82. The third-order valence-electron chi connectivity index (χ3n) is 3.01. The maximum absolute atomic E-state index is 4.52. The van der Waals surface area contributed by atoms with Gasteiger partial charge in [-0.2, -0.15) is 5.10 Å². The molecule has 0 spiro atoms. The van der Waals surface area contributed by atoms with Gasteiger partial charge >= 0.3 is 0 Å². The Labute approximate surface area is 109 Å². The molecule has 1 N–H and O–H groups in total. The van der Waals surface area contributed by atoms with Gasteiger partial charge in [-0.1, -0.05) is 13.8 Å². The second kappa shape index (κ2) is 5.29. The summed E-state index contributed by atoms with van der Waals surface area (Å²) in [5.74, 6) is 0.616. The van der Waals surface area contributed by atoms with Crippen LogP contribution >= 0.6 is 0 Å². The summed E-state index contributed by atoms with van der Waals surface area (Å²) in [5, 5.41) is 7.97. The summed E-state index contributed by atoms with van der Waals surface area (Å²) in [5.41, 5.74) is 3.45. The number of rotatable bonds is 5. The molecule has 0 aliphatic heterocycles. The number of nitrogens with zero attached hydrogens (tertiary/aromatic N) is 3. The van der Waals surface area contributed by atoms with Crippen molar-refractivity contribution in [2.45, 2.75) is 33.9 Å². The van der Waals surface area contributed by atoms with Crippen molar-refractivity contribution < 1.29 is 0 Å². The van der Waals surface area contributed by atoms with Crippen molar-refractivity contribution in [1.29, 1.82) is 0 Å². The van der Waals surface area contributed by atoms with Crippen LogP contribution in [-0.4, -0.2) is 14.3 Å². The lowest BCUT2D eigenvalue weighted by molar-refractivity contribution is 0.481. The van der Waals surface area contributed by atoms with Gasteiger partial charge in [0.2, 0.25) is 0 Å². The van der Waals surface area contributed by atoms with E-state index in [9.17, 15) is 0 Å². The van der Waals surface area contributed by atoms with Crippen molar-refractivity contribution in [3.05, 3.63) is 35.9 Å². The molecule has 2 rings (SSSR count). The number of aryl methyl sites for hydroxylation is 2. The van der Waals surface area contributed by atoms with Crippen LogP contribution in [0.4, 0.5) is 5.69 Å². The van der Waals surface area contributed by atoms with Crippen LogP contribution in [0.5, 0.6) is 0 Å². The van der Waals surface area contributed by atoms with Crippen LogP contribution in [0.3, 0.4) is 0 Å². The summed E-state index contributed by atoms with van der Waals surface area (Å²) in [6.07, 6.45) is 4.16. The van der Waals surface area contributed by atoms with Crippen molar-refractivity contribution in [2.75, 3.05) is 5.32 Å². The first-order valence-corrected chi connectivity index (χ1v) is 6.44. The van der Waals surface area contributed by atoms with E-state index in [1.807, 2.05) is 11.6 Å². The van der Waals surface area contributed by atoms with Crippen molar-refractivity contribution in [3.63, 3.8) is 0 Å². The summed E-state index contributed by atoms with van der Waals surface area (Å²) < 4.78 is 4.15. The zero-order chi connectivity index (χ0) is 13.1. The van der Waals surface area contributed by atoms with Gasteiger partial charge in [0, 0.05) is 31.7 Å². The van der Waals surface area contributed by atoms with Crippen LogP contribution in [-0.2, 0) is 20.1 Å². The standard InChI is InChI=1S/C14H22N4/c1-11(2)9-18-10-14(12(3)16-18)15-8-13-6-5-7-17(13)4/h5-7,10-11,15H,8-9H2,1-4H3. The van der Waals surface area contributed by atoms with Gasteiger partial charge in [-0.05, 0) is 25.0 Å². The summed E-state index contributed by atoms with van der Waals surface area (Å²) in [7, 11) is 2.06. The molecule has 0 unspecified atom stereocenters. The number of hydrogen-bond donors (Lipinski definition) is 1. The molecule has 98 valence electrons. The highest BCUT2D eigenvalue weighted by atomic mass is 15.3. The quantitative estimate of drug-likeness (QED) is 0.880. The van der Waals surface area contributed by atoms with Gasteiger partial charge in [-0.15, -0.1) is 0 Å². The van der Waals surface area contributed by atoms with E-state index in [0.717, 1.165) is 24.5 Å². The second-order valence-corrected chi connectivity index (χ2v) is 5.21. The molecular weight excluding hydrogens is 224 g/mol. The van der Waals surface area contributed by atoms with Gasteiger partial charge in [0.25, 0.3) is 0 Å². The Morgan fingerprint density at radius 1 is 1.39 bits per heavy atom. The van der Waals surface area contributed by atoms with Crippen molar-refractivity contribution in [3.8, 4) is 0 Å². The third-order valence-corrected chi connectivity index (χ3v) is 3.01. The van der Waals surface area contributed by atoms with E-state index < -0.39 is 0 Å². The minimum atomic E-state index is 0.616. The average molecular weight is 246 g/mol. The molecule has 2 heterocycles. The molecule has 0 amide bonds. The minimum absolute atomic E-state index is 0.616. The fraction of sp³-hybridized carbons (Fsp3) is 0.500. The van der Waals surface area contributed by atoms with Crippen molar-refractivity contribution in [1.82, 2.24) is 14.3 Å². The molecule has 0 aromatic carbocycles. The van der Waals surface area contributed by atoms with Gasteiger partial charge in [-0.3, -0.25) is 4.68 Å². The van der Waals surface area contributed by atoms with E-state index in [1.54, 1.807) is 0 Å². The summed E-state index contributed by atoms with van der Waals surface area (Å²) in [6.45, 7) is 8.25. The smallest absolute Gasteiger partial charge is 0.0825 e. The van der Waals surface area contributed by atoms with Crippen LogP contribution in [0, 0.1) is 12.8 Å². The molecule has 0 saturated carbocycles. The van der Waals surface area contributed by atoms with Crippen LogP contribution in [0.1, 0.15) is 25.2 Å². The Balaban J connectivity index is 2.01. The van der Waals surface area contributed by atoms with E-state index in [1.165, 1.54) is 5.69 Å². The second-order valence-electron chi connectivity index (χ2n) is 5.21. The molecule has 0 bridgehead atoms. The predicted molar refractivity (Wildman–Crippen MR) is 74.5 cm³/mol. The maximum atomic E-state index is 4.52. The number of aromatic nitrogens is 3. The Hall–Kier alpha value is -1.71. The highest BCUT2D eigenvalue weighted by molar-refractivity contribution is 5.45. The summed E-state index contributed by atoms with van der Waals surface area (Å²) >= 11 is 0. The Kier molecular flexibility index (Phi) is 3.75. The third kappa shape index (κ3) is 2.94. The van der Waals surface area contributed by atoms with E-state index in [2.05, 4.69) is 60.4 Å². The zero-order valence-electron chi connectivity index (χ0n) is 11.6. The number of nitrogens with one attached hydrogen (secondary N) is 1. The van der Waals surface area contributed by atoms with E-state index >= 15 is 0 Å². The van der Waals surface area contributed by atoms with Crippen molar-refractivity contribution >= 4 is 5.69 Å². The molecule has 4 heteroatoms. The topological polar surface area (TPSA) is 34.8 Å². The molecule has 2 aromatic rings. The lowest BCUT2D eigenvalue weighted by atomic mass is 10.2. The monoisotopic (exact) mass is 246 g/mol. The summed E-state index contributed by atoms with van der Waals surface area (Å²) in [4.78, 5) is 0. The molecule has 0 fully saturated rings. The Bertz CT molecular complexity index is 508. The number of hydrogen-bond acceptors (Lipinski definition) is 2. The highest BCUT2D eigenvalue weighted by Crippen LogP contribution is 2.15. The number of anilines is 1. The minimum Gasteiger partial charge on any atom is -0.377 e. The Morgan fingerprint density at radius 2 is 2.17 bits per heavy atom. The molecule has 0 aliphatic carbocycles. The van der Waals surface area contributed by atoms with Crippen LogP contribution < -0.4 is 5.32 Å². The fourth-order valence-electron chi connectivity index (χ4n) is 2.02. The van der Waals surface area contributed by atoms with Crippen LogP contribution in [0.25, 0.3) is 0 Å². The largest absolute Gasteiger partial charge is 0.377 e. The normalized spacial score (nSPS) is 11.2. The first kappa shape index (κ1) is 12.7. The molecule has 18 heavy (non-hydrogen) atoms. The van der Waals surface area contributed by atoms with E-state index in [-0.39, 0.29) is 0 Å².